The van der Waals surface area contributed by atoms with Crippen molar-refractivity contribution in [3.05, 3.63) is 72.0 Å². The first-order chi connectivity index (χ1) is 17.0. The molecule has 3 saturated heterocycles. The van der Waals surface area contributed by atoms with Crippen LogP contribution in [0.25, 0.3) is 0 Å². The lowest BCUT2D eigenvalue weighted by Gasteiger charge is -2.51. The second-order valence-corrected chi connectivity index (χ2v) is 9.65. The van der Waals surface area contributed by atoms with E-state index in [1.807, 2.05) is 0 Å². The molecule has 9 heteroatoms. The molecule has 2 aromatic carbocycles. The van der Waals surface area contributed by atoms with Gasteiger partial charge in [0.15, 0.2) is 18.5 Å². The molecule has 2 bridgehead atoms. The van der Waals surface area contributed by atoms with Gasteiger partial charge in [0.2, 0.25) is 5.60 Å². The minimum absolute atomic E-state index is 0.157. The van der Waals surface area contributed by atoms with Crippen molar-refractivity contribution in [2.45, 2.75) is 24.5 Å². The summed E-state index contributed by atoms with van der Waals surface area (Å²) >= 11 is 0. The van der Waals surface area contributed by atoms with Crippen LogP contribution in [-0.4, -0.2) is 58.9 Å². The van der Waals surface area contributed by atoms with Crippen LogP contribution >= 0.6 is 0 Å². The fourth-order valence-corrected chi connectivity index (χ4v) is 5.76. The first kappa shape index (κ1) is 21.8. The molecule has 7 rings (SSSR count). The number of nitrogens with one attached hydrogen (secondary N) is 1. The number of para-hydroxylation sites is 2. The number of rotatable bonds is 5. The summed E-state index contributed by atoms with van der Waals surface area (Å²) in [5.41, 5.74) is -1.26. The summed E-state index contributed by atoms with van der Waals surface area (Å²) in [6.45, 7) is 2.47. The number of fused-ring (bicyclic) bond motifs is 5. The zero-order chi connectivity index (χ0) is 24.0. The van der Waals surface area contributed by atoms with Crippen LogP contribution in [0.3, 0.4) is 0 Å². The van der Waals surface area contributed by atoms with E-state index in [0.29, 0.717) is 39.5 Å². The van der Waals surface area contributed by atoms with E-state index in [9.17, 15) is 14.7 Å². The number of esters is 1. The zero-order valence-electron chi connectivity index (χ0n) is 19.1. The van der Waals surface area contributed by atoms with Crippen molar-refractivity contribution in [1.29, 1.82) is 0 Å². The highest BCUT2D eigenvalue weighted by Crippen LogP contribution is 2.48. The van der Waals surface area contributed by atoms with Gasteiger partial charge in [-0.25, -0.2) is 4.79 Å². The third-order valence-corrected chi connectivity index (χ3v) is 7.55. The van der Waals surface area contributed by atoms with Gasteiger partial charge in [-0.05, 0) is 12.1 Å². The Morgan fingerprint density at radius 1 is 1.06 bits per heavy atom. The van der Waals surface area contributed by atoms with Crippen molar-refractivity contribution in [2.24, 2.45) is 5.92 Å². The Morgan fingerprint density at radius 2 is 1.71 bits per heavy atom. The molecule has 4 aliphatic heterocycles. The van der Waals surface area contributed by atoms with Crippen LogP contribution in [0.2, 0.25) is 0 Å². The first-order valence-corrected chi connectivity index (χ1v) is 11.8. The summed E-state index contributed by atoms with van der Waals surface area (Å²) in [6.07, 6.45) is 2.71. The van der Waals surface area contributed by atoms with Crippen LogP contribution in [0.15, 0.2) is 65.4 Å². The smallest absolute Gasteiger partial charge is 0.348 e. The van der Waals surface area contributed by atoms with Crippen LogP contribution in [0, 0.1) is 5.92 Å². The number of benzene rings is 2. The Hall–Kier alpha value is -3.69. The van der Waals surface area contributed by atoms with Crippen molar-refractivity contribution in [3.8, 4) is 11.5 Å². The van der Waals surface area contributed by atoms with Crippen molar-refractivity contribution in [3.63, 3.8) is 0 Å². The van der Waals surface area contributed by atoms with Crippen LogP contribution in [-0.2, 0) is 19.9 Å². The minimum atomic E-state index is -1.98. The molecule has 2 N–H and O–H groups in total. The molecule has 5 heterocycles. The third-order valence-electron chi connectivity index (χ3n) is 7.55. The molecular weight excluding hydrogens is 450 g/mol. The SMILES string of the molecule is O=C(C[N+]12CCC(CC1)C(OC(=O)C1(O)c3ccccc3Oc3ccccc31)C2)Nc1ccon1. The van der Waals surface area contributed by atoms with Gasteiger partial charge in [0.1, 0.15) is 24.3 Å². The second-order valence-electron chi connectivity index (χ2n) is 9.65. The number of quaternary nitrogens is 1. The van der Waals surface area contributed by atoms with Gasteiger partial charge in [0.05, 0.1) is 13.1 Å². The van der Waals surface area contributed by atoms with Gasteiger partial charge in [0, 0.05) is 36.0 Å². The maximum Gasteiger partial charge on any atom is 0.348 e. The van der Waals surface area contributed by atoms with Crippen LogP contribution in [0.1, 0.15) is 24.0 Å². The van der Waals surface area contributed by atoms with Crippen LogP contribution in [0.4, 0.5) is 5.82 Å². The van der Waals surface area contributed by atoms with Crippen LogP contribution in [0.5, 0.6) is 11.5 Å². The monoisotopic (exact) mass is 476 g/mol. The molecule has 4 aliphatic rings. The standard InChI is InChI=1S/C26H25N3O6/c30-24(27-23-11-14-33-28-23)16-29-12-9-17(10-13-29)22(15-29)35-25(31)26(32)18-5-1-3-7-20(18)34-21-8-4-2-6-19(21)26/h1-8,11,14,17,22,32H,9-10,12-13,15-16H2/p+1. The van der Waals surface area contributed by atoms with Gasteiger partial charge >= 0.3 is 5.97 Å². The van der Waals surface area contributed by atoms with E-state index in [-0.39, 0.29) is 18.4 Å². The highest BCUT2D eigenvalue weighted by atomic mass is 16.6. The van der Waals surface area contributed by atoms with E-state index < -0.39 is 17.7 Å². The predicted octanol–water partition coefficient (Wildman–Crippen LogP) is 2.81. The Kier molecular flexibility index (Phi) is 5.12. The van der Waals surface area contributed by atoms with Gasteiger partial charge in [-0.2, -0.15) is 0 Å². The molecule has 35 heavy (non-hydrogen) atoms. The van der Waals surface area contributed by atoms with Crippen molar-refractivity contribution in [1.82, 2.24) is 5.16 Å². The van der Waals surface area contributed by atoms with Gasteiger partial charge in [-0.1, -0.05) is 41.6 Å². The van der Waals surface area contributed by atoms with Gasteiger partial charge in [-0.3, -0.25) is 4.79 Å². The second kappa shape index (κ2) is 8.21. The van der Waals surface area contributed by atoms with E-state index in [1.54, 1.807) is 54.6 Å². The molecule has 1 unspecified atom stereocenters. The lowest BCUT2D eigenvalue weighted by molar-refractivity contribution is -0.939. The Morgan fingerprint density at radius 3 is 2.34 bits per heavy atom. The summed E-state index contributed by atoms with van der Waals surface area (Å²) in [5, 5.41) is 18.4. The highest BCUT2D eigenvalue weighted by molar-refractivity contribution is 5.90. The fourth-order valence-electron chi connectivity index (χ4n) is 5.76. The molecule has 1 amide bonds. The van der Waals surface area contributed by atoms with E-state index in [1.165, 1.54) is 6.26 Å². The molecule has 0 saturated carbocycles. The van der Waals surface area contributed by atoms with Gasteiger partial charge in [-0.15, -0.1) is 0 Å². The molecule has 0 spiro atoms. The molecule has 0 radical (unpaired) electrons. The van der Waals surface area contributed by atoms with E-state index in [0.717, 1.165) is 25.9 Å². The number of anilines is 1. The molecule has 1 aromatic heterocycles. The quantitative estimate of drug-likeness (QED) is 0.430. The zero-order valence-corrected chi connectivity index (χ0v) is 19.1. The number of carbonyl (C=O) groups excluding carboxylic acids is 2. The largest absolute Gasteiger partial charge is 0.457 e. The number of carbonyl (C=O) groups is 2. The van der Waals surface area contributed by atoms with Crippen molar-refractivity contribution < 1.29 is 33.2 Å². The molecule has 0 aliphatic carbocycles. The average molecular weight is 477 g/mol. The lowest BCUT2D eigenvalue weighted by Crippen LogP contribution is -2.66. The maximum absolute atomic E-state index is 13.7. The topological polar surface area (TPSA) is 111 Å². The number of nitrogens with zero attached hydrogens (tertiary/aromatic N) is 2. The molecule has 9 nitrogen and oxygen atoms in total. The van der Waals surface area contributed by atoms with Crippen molar-refractivity contribution >= 4 is 17.7 Å². The molecular formula is C26H26N3O6+. The minimum Gasteiger partial charge on any atom is -0.457 e. The number of amides is 1. The molecule has 3 fully saturated rings. The third kappa shape index (κ3) is 3.67. The number of aliphatic hydroxyl groups is 1. The Bertz CT molecular complexity index is 1220. The predicted molar refractivity (Wildman–Crippen MR) is 123 cm³/mol. The highest BCUT2D eigenvalue weighted by Gasteiger charge is 2.53. The Labute approximate surface area is 201 Å². The molecule has 180 valence electrons. The lowest BCUT2D eigenvalue weighted by atomic mass is 9.81. The molecule has 3 aromatic rings. The van der Waals surface area contributed by atoms with Gasteiger partial charge < -0.3 is 28.9 Å². The maximum atomic E-state index is 13.7. The summed E-state index contributed by atoms with van der Waals surface area (Å²) in [6, 6.07) is 15.5. The van der Waals surface area contributed by atoms with E-state index in [4.69, 9.17) is 14.0 Å². The first-order valence-electron chi connectivity index (χ1n) is 11.8. The number of piperidine rings is 3. The fraction of sp³-hybridized carbons (Fsp3) is 0.346. The van der Waals surface area contributed by atoms with E-state index in [2.05, 4.69) is 10.5 Å². The number of hydrogen-bond donors (Lipinski definition) is 2. The Balaban J connectivity index is 1.24. The summed E-state index contributed by atoms with van der Waals surface area (Å²) in [5.74, 6) is 0.550. The number of hydrogen-bond acceptors (Lipinski definition) is 7. The van der Waals surface area contributed by atoms with Crippen molar-refractivity contribution in [2.75, 3.05) is 31.5 Å². The summed E-state index contributed by atoms with van der Waals surface area (Å²) in [7, 11) is 0. The summed E-state index contributed by atoms with van der Waals surface area (Å²) in [4.78, 5) is 26.4. The molecule has 1 atom stereocenters. The normalized spacial score (nSPS) is 25.6. The average Bonchev–Trinajstić information content (AvgIpc) is 3.37. The number of ether oxygens (including phenoxy) is 2. The van der Waals surface area contributed by atoms with Gasteiger partial charge in [0.25, 0.3) is 5.91 Å². The van der Waals surface area contributed by atoms with Crippen LogP contribution < -0.4 is 10.1 Å². The van der Waals surface area contributed by atoms with E-state index >= 15 is 0 Å². The number of aromatic nitrogens is 1. The summed E-state index contributed by atoms with van der Waals surface area (Å²) < 4.78 is 17.3.